The third-order valence-corrected chi connectivity index (χ3v) is 2.29. The molecule has 0 saturated carbocycles. The molecule has 1 heterocycles. The largest absolute Gasteiger partial charge is 0.334 e. The third kappa shape index (κ3) is 3.01. The molecule has 16 heavy (non-hydrogen) atoms. The van der Waals surface area contributed by atoms with Gasteiger partial charge < -0.3 is 5.32 Å². The Morgan fingerprint density at radius 3 is 2.50 bits per heavy atom. The van der Waals surface area contributed by atoms with Gasteiger partial charge in [-0.15, -0.1) is 0 Å². The Hall–Kier alpha value is -0.980. The van der Waals surface area contributed by atoms with Crippen LogP contribution in [0, 0.1) is 0 Å². The molecule has 0 bridgehead atoms. The van der Waals surface area contributed by atoms with E-state index in [9.17, 15) is 14.4 Å². The molecule has 9 heteroatoms. The van der Waals surface area contributed by atoms with Crippen molar-refractivity contribution in [2.45, 2.75) is 9.96 Å². The predicted molar refractivity (Wildman–Crippen MR) is 59.8 cm³/mol. The second-order valence-corrected chi connectivity index (χ2v) is 5.12. The van der Waals surface area contributed by atoms with Gasteiger partial charge >= 0.3 is 5.69 Å². The number of nitrogens with zero attached hydrogens (tertiary/aromatic N) is 1. The standard InChI is InChI=1S/C7H6Cl3N3O3/c8-7(9,10)5(11-3-14)13-2-1-4(15)12-6(13)16/h1-3,5H,(H,11,14)(H,12,15,16). The molecule has 2 N–H and O–H groups in total. The minimum absolute atomic E-state index is 0.282. The molecular formula is C7H6Cl3N3O3. The number of amides is 1. The molecule has 0 saturated heterocycles. The second kappa shape index (κ2) is 4.90. The predicted octanol–water partition coefficient (Wildman–Crippen LogP) is 0.151. The number of aromatic amines is 1. The van der Waals surface area contributed by atoms with Crippen LogP contribution in [0.1, 0.15) is 6.17 Å². The fourth-order valence-corrected chi connectivity index (χ4v) is 1.53. The van der Waals surface area contributed by atoms with Crippen molar-refractivity contribution in [2.75, 3.05) is 0 Å². The Kier molecular flexibility index (Phi) is 4.01. The van der Waals surface area contributed by atoms with Crippen molar-refractivity contribution in [3.63, 3.8) is 0 Å². The summed E-state index contributed by atoms with van der Waals surface area (Å²) in [6.45, 7) is 0. The molecule has 0 fully saturated rings. The highest BCUT2D eigenvalue weighted by Crippen LogP contribution is 2.35. The van der Waals surface area contributed by atoms with Crippen LogP contribution in [0.3, 0.4) is 0 Å². The number of alkyl halides is 3. The minimum Gasteiger partial charge on any atom is -0.334 e. The maximum atomic E-state index is 11.4. The molecule has 0 aliphatic rings. The highest BCUT2D eigenvalue weighted by atomic mass is 35.6. The molecule has 1 amide bonds. The van der Waals surface area contributed by atoms with Gasteiger partial charge in [0.25, 0.3) is 5.56 Å². The molecule has 1 unspecified atom stereocenters. The number of carbonyl (C=O) groups excluding carboxylic acids is 1. The van der Waals surface area contributed by atoms with Gasteiger partial charge in [-0.1, -0.05) is 34.8 Å². The van der Waals surface area contributed by atoms with Gasteiger partial charge in [-0.25, -0.2) is 4.79 Å². The lowest BCUT2D eigenvalue weighted by Gasteiger charge is -2.24. The van der Waals surface area contributed by atoms with Crippen molar-refractivity contribution in [3.8, 4) is 0 Å². The average Bonchev–Trinajstić information content (AvgIpc) is 2.13. The second-order valence-electron chi connectivity index (χ2n) is 2.75. The van der Waals surface area contributed by atoms with Gasteiger partial charge in [-0.3, -0.25) is 19.1 Å². The number of rotatable bonds is 3. The van der Waals surface area contributed by atoms with E-state index in [1.165, 1.54) is 0 Å². The van der Waals surface area contributed by atoms with E-state index in [4.69, 9.17) is 34.8 Å². The Morgan fingerprint density at radius 2 is 2.06 bits per heavy atom. The van der Waals surface area contributed by atoms with E-state index >= 15 is 0 Å². The summed E-state index contributed by atoms with van der Waals surface area (Å²) in [5, 5.41) is 2.16. The van der Waals surface area contributed by atoms with Crippen LogP contribution in [0.2, 0.25) is 0 Å². The van der Waals surface area contributed by atoms with E-state index < -0.39 is 21.2 Å². The average molecular weight is 287 g/mol. The van der Waals surface area contributed by atoms with Crippen LogP contribution < -0.4 is 16.6 Å². The van der Waals surface area contributed by atoms with Crippen molar-refractivity contribution < 1.29 is 4.79 Å². The van der Waals surface area contributed by atoms with Crippen molar-refractivity contribution in [3.05, 3.63) is 33.1 Å². The van der Waals surface area contributed by atoms with Gasteiger partial charge in [0, 0.05) is 12.3 Å². The summed E-state index contributed by atoms with van der Waals surface area (Å²) in [5.74, 6) is 0. The lowest BCUT2D eigenvalue weighted by Crippen LogP contribution is -2.43. The number of hydrogen-bond acceptors (Lipinski definition) is 3. The van der Waals surface area contributed by atoms with Gasteiger partial charge in [0.05, 0.1) is 0 Å². The zero-order valence-electron chi connectivity index (χ0n) is 7.62. The third-order valence-electron chi connectivity index (χ3n) is 1.67. The normalized spacial score (nSPS) is 13.2. The summed E-state index contributed by atoms with van der Waals surface area (Å²) in [4.78, 5) is 34.5. The summed E-state index contributed by atoms with van der Waals surface area (Å²) in [5.41, 5.74) is -1.38. The van der Waals surface area contributed by atoms with E-state index in [2.05, 4.69) is 5.32 Å². The van der Waals surface area contributed by atoms with Gasteiger partial charge in [0.2, 0.25) is 10.2 Å². The number of halogens is 3. The minimum atomic E-state index is -1.93. The first kappa shape index (κ1) is 13.1. The monoisotopic (exact) mass is 285 g/mol. The number of aromatic nitrogens is 2. The Bertz CT molecular complexity index is 490. The van der Waals surface area contributed by atoms with E-state index in [1.54, 1.807) is 0 Å². The van der Waals surface area contributed by atoms with E-state index in [0.717, 1.165) is 16.8 Å². The van der Waals surface area contributed by atoms with Crippen LogP contribution >= 0.6 is 34.8 Å². The van der Waals surface area contributed by atoms with Crippen molar-refractivity contribution in [2.24, 2.45) is 0 Å². The Balaban J connectivity index is 3.27. The maximum absolute atomic E-state index is 11.4. The molecule has 0 spiro atoms. The van der Waals surface area contributed by atoms with E-state index in [1.807, 2.05) is 4.98 Å². The molecular weight excluding hydrogens is 280 g/mol. The lowest BCUT2D eigenvalue weighted by atomic mass is 10.5. The van der Waals surface area contributed by atoms with Crippen LogP contribution in [-0.2, 0) is 4.79 Å². The summed E-state index contributed by atoms with van der Waals surface area (Å²) in [7, 11) is 0. The molecule has 1 atom stereocenters. The molecule has 1 rings (SSSR count). The summed E-state index contributed by atoms with van der Waals surface area (Å²) in [6.07, 6.45) is 0.188. The van der Waals surface area contributed by atoms with Crippen LogP contribution in [0.5, 0.6) is 0 Å². The zero-order valence-corrected chi connectivity index (χ0v) is 9.88. The Morgan fingerprint density at radius 1 is 1.44 bits per heavy atom. The molecule has 0 aromatic carbocycles. The van der Waals surface area contributed by atoms with E-state index in [-0.39, 0.29) is 6.41 Å². The molecule has 1 aromatic rings. The van der Waals surface area contributed by atoms with Crippen LogP contribution in [0.4, 0.5) is 0 Å². The van der Waals surface area contributed by atoms with Crippen molar-refractivity contribution >= 4 is 41.2 Å². The van der Waals surface area contributed by atoms with Crippen LogP contribution in [0.15, 0.2) is 21.9 Å². The Labute approximate surface area is 104 Å². The molecule has 0 aliphatic heterocycles. The smallest absolute Gasteiger partial charge is 0.330 e. The molecule has 0 aliphatic carbocycles. The van der Waals surface area contributed by atoms with Gasteiger partial charge in [0.1, 0.15) is 0 Å². The van der Waals surface area contributed by atoms with Gasteiger partial charge in [0.15, 0.2) is 6.17 Å². The summed E-state index contributed by atoms with van der Waals surface area (Å²) in [6, 6.07) is 1.07. The first-order valence-corrected chi connectivity index (χ1v) is 5.07. The quantitative estimate of drug-likeness (QED) is 0.613. The molecule has 0 radical (unpaired) electrons. The highest BCUT2D eigenvalue weighted by molar-refractivity contribution is 6.67. The number of carbonyl (C=O) groups is 1. The molecule has 88 valence electrons. The molecule has 1 aromatic heterocycles. The van der Waals surface area contributed by atoms with Crippen LogP contribution in [0.25, 0.3) is 0 Å². The first-order chi connectivity index (χ1) is 7.36. The highest BCUT2D eigenvalue weighted by Gasteiger charge is 2.34. The number of hydrogen-bond donors (Lipinski definition) is 2. The molecule has 6 nitrogen and oxygen atoms in total. The topological polar surface area (TPSA) is 84.0 Å². The van der Waals surface area contributed by atoms with Crippen molar-refractivity contribution in [1.29, 1.82) is 0 Å². The maximum Gasteiger partial charge on any atom is 0.330 e. The lowest BCUT2D eigenvalue weighted by molar-refractivity contribution is -0.110. The van der Waals surface area contributed by atoms with Gasteiger partial charge in [-0.05, 0) is 0 Å². The summed E-state index contributed by atoms with van der Waals surface area (Å²) >= 11 is 16.7. The fourth-order valence-electron chi connectivity index (χ4n) is 1.03. The van der Waals surface area contributed by atoms with E-state index in [0.29, 0.717) is 0 Å². The number of nitrogens with one attached hydrogen (secondary N) is 2. The zero-order chi connectivity index (χ0) is 12.3. The van der Waals surface area contributed by atoms with Crippen molar-refractivity contribution in [1.82, 2.24) is 14.9 Å². The fraction of sp³-hybridized carbons (Fsp3) is 0.286. The number of H-pyrrole nitrogens is 1. The summed E-state index contributed by atoms with van der Waals surface area (Å²) < 4.78 is -1.04. The van der Waals surface area contributed by atoms with Gasteiger partial charge in [-0.2, -0.15) is 0 Å². The van der Waals surface area contributed by atoms with Crippen LogP contribution in [-0.4, -0.2) is 19.8 Å². The first-order valence-electron chi connectivity index (χ1n) is 3.94. The SMILES string of the molecule is O=CNC(n1ccc(=O)[nH]c1=O)C(Cl)(Cl)Cl.